The summed E-state index contributed by atoms with van der Waals surface area (Å²) in [5, 5.41) is 9.49. The van der Waals surface area contributed by atoms with Crippen LogP contribution in [0, 0.1) is 6.92 Å². The van der Waals surface area contributed by atoms with Crippen LogP contribution < -0.4 is 4.74 Å². The Labute approximate surface area is 91.7 Å². The van der Waals surface area contributed by atoms with Gasteiger partial charge in [-0.2, -0.15) is 0 Å². The van der Waals surface area contributed by atoms with Gasteiger partial charge in [0.05, 0.1) is 7.11 Å². The first-order valence-corrected chi connectivity index (χ1v) is 4.67. The molecule has 1 N–H and O–H groups in total. The van der Waals surface area contributed by atoms with Gasteiger partial charge in [0.1, 0.15) is 12.4 Å². The lowest BCUT2D eigenvalue weighted by molar-refractivity contribution is -0.114. The van der Waals surface area contributed by atoms with Gasteiger partial charge in [0.15, 0.2) is 5.60 Å². The fraction of sp³-hybridized carbons (Fsp3) is 0.455. The van der Waals surface area contributed by atoms with Gasteiger partial charge in [-0.15, -0.1) is 0 Å². The molecular formula is C11H13F3O2. The largest absolute Gasteiger partial charge is 0.496 e. The Morgan fingerprint density at radius 3 is 2.44 bits per heavy atom. The van der Waals surface area contributed by atoms with Gasteiger partial charge in [-0.3, -0.25) is 0 Å². The molecule has 0 aliphatic carbocycles. The lowest BCUT2D eigenvalue weighted by atomic mass is 9.94. The molecule has 90 valence electrons. The summed E-state index contributed by atoms with van der Waals surface area (Å²) in [6, 6.07) is 3.95. The average Bonchev–Trinajstić information content (AvgIpc) is 2.27. The molecule has 0 aliphatic rings. The number of methoxy groups -OCH3 is 1. The number of aliphatic hydroxyl groups is 1. The normalized spacial score (nSPS) is 14.9. The number of benzene rings is 1. The van der Waals surface area contributed by atoms with Crippen LogP contribution in [0.15, 0.2) is 18.2 Å². The van der Waals surface area contributed by atoms with E-state index in [1.54, 1.807) is 6.92 Å². The predicted octanol–water partition coefficient (Wildman–Crippen LogP) is 2.43. The van der Waals surface area contributed by atoms with Crippen LogP contribution in [0.25, 0.3) is 0 Å². The van der Waals surface area contributed by atoms with Crippen LogP contribution in [-0.2, 0) is 5.60 Å². The van der Waals surface area contributed by atoms with Crippen molar-refractivity contribution in [3.63, 3.8) is 0 Å². The van der Waals surface area contributed by atoms with E-state index < -0.39 is 18.7 Å². The molecule has 0 saturated heterocycles. The Kier molecular flexibility index (Phi) is 3.80. The minimum absolute atomic E-state index is 0.150. The van der Waals surface area contributed by atoms with Crippen LogP contribution >= 0.6 is 0 Å². The summed E-state index contributed by atoms with van der Waals surface area (Å²) in [4.78, 5) is 0. The molecule has 16 heavy (non-hydrogen) atoms. The molecule has 1 aromatic carbocycles. The molecule has 1 atom stereocenters. The van der Waals surface area contributed by atoms with Crippen molar-refractivity contribution in [2.75, 3.05) is 13.8 Å². The van der Waals surface area contributed by atoms with Crippen molar-refractivity contribution in [3.05, 3.63) is 29.3 Å². The molecule has 0 aliphatic heterocycles. The number of rotatable bonds is 4. The van der Waals surface area contributed by atoms with Gasteiger partial charge in [0.2, 0.25) is 0 Å². The first kappa shape index (κ1) is 12.8. The Hall–Kier alpha value is -1.23. The zero-order chi connectivity index (χ0) is 12.3. The van der Waals surface area contributed by atoms with Crippen molar-refractivity contribution in [1.29, 1.82) is 0 Å². The molecule has 0 fully saturated rings. The fourth-order valence-electron chi connectivity index (χ4n) is 1.41. The molecule has 0 saturated carbocycles. The molecule has 1 rings (SSSR count). The minimum atomic E-state index is -3.18. The third-order valence-corrected chi connectivity index (χ3v) is 2.46. The van der Waals surface area contributed by atoms with Gasteiger partial charge in [0.25, 0.3) is 6.43 Å². The van der Waals surface area contributed by atoms with Crippen LogP contribution in [0.4, 0.5) is 13.2 Å². The van der Waals surface area contributed by atoms with Crippen LogP contribution in [-0.4, -0.2) is 25.3 Å². The maximum absolute atomic E-state index is 12.6. The van der Waals surface area contributed by atoms with E-state index in [2.05, 4.69) is 0 Å². The first-order valence-electron chi connectivity index (χ1n) is 4.67. The quantitative estimate of drug-likeness (QED) is 0.867. The van der Waals surface area contributed by atoms with E-state index in [0.717, 1.165) is 0 Å². The summed E-state index contributed by atoms with van der Waals surface area (Å²) in [7, 11) is 1.44. The standard InChI is InChI=1S/C11H13F3O2/c1-7-5-8(3-4-9(7)16-2)11(15,6-12)10(13)14/h3-5,10,15H,6H2,1-2H3. The summed E-state index contributed by atoms with van der Waals surface area (Å²) in [6.45, 7) is 0.100. The highest BCUT2D eigenvalue weighted by atomic mass is 19.3. The molecule has 0 aromatic heterocycles. The van der Waals surface area contributed by atoms with Crippen molar-refractivity contribution in [2.45, 2.75) is 19.0 Å². The lowest BCUT2D eigenvalue weighted by Crippen LogP contribution is -2.36. The lowest BCUT2D eigenvalue weighted by Gasteiger charge is -2.25. The van der Waals surface area contributed by atoms with E-state index >= 15 is 0 Å². The third-order valence-electron chi connectivity index (χ3n) is 2.46. The number of alkyl halides is 3. The van der Waals surface area contributed by atoms with E-state index in [9.17, 15) is 18.3 Å². The number of ether oxygens (including phenoxy) is 1. The van der Waals surface area contributed by atoms with Crippen molar-refractivity contribution in [3.8, 4) is 5.75 Å². The van der Waals surface area contributed by atoms with Gasteiger partial charge >= 0.3 is 0 Å². The predicted molar refractivity (Wildman–Crippen MR) is 53.6 cm³/mol. The molecule has 2 nitrogen and oxygen atoms in total. The van der Waals surface area contributed by atoms with Crippen molar-refractivity contribution in [2.24, 2.45) is 0 Å². The molecule has 1 unspecified atom stereocenters. The summed E-state index contributed by atoms with van der Waals surface area (Å²) in [5.41, 5.74) is -2.33. The van der Waals surface area contributed by atoms with E-state index in [-0.39, 0.29) is 5.56 Å². The van der Waals surface area contributed by atoms with E-state index in [0.29, 0.717) is 11.3 Å². The highest BCUT2D eigenvalue weighted by Gasteiger charge is 2.40. The Balaban J connectivity index is 3.18. The van der Waals surface area contributed by atoms with Gasteiger partial charge in [0, 0.05) is 0 Å². The molecule has 5 heteroatoms. The summed E-state index contributed by atoms with van der Waals surface area (Å²) >= 11 is 0. The van der Waals surface area contributed by atoms with Crippen molar-refractivity contribution in [1.82, 2.24) is 0 Å². The average molecular weight is 234 g/mol. The second-order valence-electron chi connectivity index (χ2n) is 3.54. The molecule has 0 bridgehead atoms. The van der Waals surface area contributed by atoms with Crippen LogP contribution in [0.5, 0.6) is 5.75 Å². The monoisotopic (exact) mass is 234 g/mol. The smallest absolute Gasteiger partial charge is 0.273 e. The summed E-state index contributed by atoms with van der Waals surface area (Å²) in [6.07, 6.45) is -3.18. The fourth-order valence-corrected chi connectivity index (χ4v) is 1.41. The van der Waals surface area contributed by atoms with Gasteiger partial charge in [-0.1, -0.05) is 6.07 Å². The topological polar surface area (TPSA) is 29.5 Å². The minimum Gasteiger partial charge on any atom is -0.496 e. The maximum Gasteiger partial charge on any atom is 0.273 e. The van der Waals surface area contributed by atoms with E-state index in [1.165, 1.54) is 25.3 Å². The zero-order valence-electron chi connectivity index (χ0n) is 9.01. The highest BCUT2D eigenvalue weighted by molar-refractivity contribution is 5.38. The number of aryl methyl sites for hydroxylation is 1. The van der Waals surface area contributed by atoms with Crippen molar-refractivity contribution >= 4 is 0 Å². The van der Waals surface area contributed by atoms with E-state index in [1.807, 2.05) is 0 Å². The zero-order valence-corrected chi connectivity index (χ0v) is 9.01. The number of halogens is 3. The molecule has 1 aromatic rings. The molecule has 0 heterocycles. The molecular weight excluding hydrogens is 221 g/mol. The van der Waals surface area contributed by atoms with Gasteiger partial charge < -0.3 is 9.84 Å². The second kappa shape index (κ2) is 4.74. The number of hydrogen-bond acceptors (Lipinski definition) is 2. The Morgan fingerprint density at radius 1 is 1.44 bits per heavy atom. The molecule has 0 amide bonds. The first-order chi connectivity index (χ1) is 7.45. The maximum atomic E-state index is 12.6. The van der Waals surface area contributed by atoms with Gasteiger partial charge in [-0.05, 0) is 30.2 Å². The van der Waals surface area contributed by atoms with Crippen LogP contribution in [0.3, 0.4) is 0 Å². The number of hydrogen-bond donors (Lipinski definition) is 1. The van der Waals surface area contributed by atoms with Crippen LogP contribution in [0.1, 0.15) is 11.1 Å². The Morgan fingerprint density at radius 2 is 2.06 bits per heavy atom. The van der Waals surface area contributed by atoms with Crippen LogP contribution in [0.2, 0.25) is 0 Å². The van der Waals surface area contributed by atoms with E-state index in [4.69, 9.17) is 4.74 Å². The second-order valence-corrected chi connectivity index (χ2v) is 3.54. The highest BCUT2D eigenvalue weighted by Crippen LogP contribution is 2.31. The summed E-state index contributed by atoms with van der Waals surface area (Å²) in [5.74, 6) is 0.499. The third kappa shape index (κ3) is 2.14. The van der Waals surface area contributed by atoms with Crippen molar-refractivity contribution < 1.29 is 23.0 Å². The van der Waals surface area contributed by atoms with Gasteiger partial charge in [-0.25, -0.2) is 13.2 Å². The molecule has 0 spiro atoms. The molecule has 0 radical (unpaired) electrons. The Bertz CT molecular complexity index is 368. The summed E-state index contributed by atoms with van der Waals surface area (Å²) < 4.78 is 42.6. The SMILES string of the molecule is COc1ccc(C(O)(CF)C(F)F)cc1C.